The predicted octanol–water partition coefficient (Wildman–Crippen LogP) is 2.65. The summed E-state index contributed by atoms with van der Waals surface area (Å²) >= 11 is 0. The quantitative estimate of drug-likeness (QED) is 0.364. The number of piperidine rings is 1. The Balaban J connectivity index is 2.45. The molecule has 0 bridgehead atoms. The van der Waals surface area contributed by atoms with Gasteiger partial charge in [-0.05, 0) is 51.9 Å². The molecule has 0 aromatic carbocycles. The number of aliphatic carboxylic acids is 1. The number of amides is 1. The van der Waals surface area contributed by atoms with Crippen molar-refractivity contribution in [3.05, 3.63) is 24.3 Å². The average Bonchev–Trinajstić information content (AvgIpc) is 2.57. The molecule has 1 aliphatic rings. The summed E-state index contributed by atoms with van der Waals surface area (Å²) in [5, 5.41) is 27.9. The number of unbranched alkanes of at least 4 members (excludes halogenated alkanes) is 1. The lowest BCUT2D eigenvalue weighted by Crippen LogP contribution is -2.42. The van der Waals surface area contributed by atoms with Gasteiger partial charge in [0, 0.05) is 19.4 Å². The van der Waals surface area contributed by atoms with E-state index in [9.17, 15) is 19.8 Å². The highest BCUT2D eigenvalue weighted by molar-refractivity contribution is 5.77. The summed E-state index contributed by atoms with van der Waals surface area (Å²) in [5.74, 6) is -0.675. The lowest BCUT2D eigenvalue weighted by atomic mass is 9.99. The predicted molar refractivity (Wildman–Crippen MR) is 101 cm³/mol. The van der Waals surface area contributed by atoms with Gasteiger partial charge in [0.25, 0.3) is 0 Å². The Morgan fingerprint density at radius 1 is 1.27 bits per heavy atom. The number of carbonyl (C=O) groups is 2. The number of hydrogen-bond donors (Lipinski definition) is 3. The second-order valence-corrected chi connectivity index (χ2v) is 7.00. The van der Waals surface area contributed by atoms with Crippen molar-refractivity contribution < 1.29 is 24.9 Å². The number of likely N-dealkylation sites (tertiary alicyclic amines) is 1. The van der Waals surface area contributed by atoms with Gasteiger partial charge in [-0.15, -0.1) is 0 Å². The first kappa shape index (κ1) is 22.4. The number of aliphatic hydroxyl groups is 2. The van der Waals surface area contributed by atoms with E-state index in [4.69, 9.17) is 5.11 Å². The van der Waals surface area contributed by atoms with Crippen LogP contribution in [0.25, 0.3) is 0 Å². The van der Waals surface area contributed by atoms with Gasteiger partial charge < -0.3 is 20.2 Å². The molecule has 1 fully saturated rings. The fourth-order valence-electron chi connectivity index (χ4n) is 3.04. The number of rotatable bonds is 12. The van der Waals surface area contributed by atoms with Crippen LogP contribution in [0, 0.1) is 0 Å². The molecule has 0 radical (unpaired) electrons. The number of carboxylic acid groups (broad SMARTS) is 1. The van der Waals surface area contributed by atoms with Gasteiger partial charge in [0.2, 0.25) is 5.91 Å². The minimum atomic E-state index is -0.790. The molecular weight excluding hydrogens is 334 g/mol. The normalized spacial score (nSPS) is 20.8. The van der Waals surface area contributed by atoms with Gasteiger partial charge in [0.05, 0.1) is 18.2 Å². The number of hydrogen-bond acceptors (Lipinski definition) is 4. The molecule has 1 heterocycles. The van der Waals surface area contributed by atoms with Crippen LogP contribution >= 0.6 is 0 Å². The molecule has 3 atom stereocenters. The maximum Gasteiger partial charge on any atom is 0.303 e. The second kappa shape index (κ2) is 12.7. The Hall–Kier alpha value is -1.66. The number of carboxylic acids is 1. The zero-order valence-corrected chi connectivity index (χ0v) is 15.7. The highest BCUT2D eigenvalue weighted by atomic mass is 16.4. The van der Waals surface area contributed by atoms with Crippen LogP contribution in [0.2, 0.25) is 0 Å². The number of allylic oxidation sites excluding steroid dienone is 1. The van der Waals surface area contributed by atoms with Crippen LogP contribution in [-0.4, -0.2) is 56.9 Å². The molecule has 1 saturated heterocycles. The summed E-state index contributed by atoms with van der Waals surface area (Å²) in [6.07, 6.45) is 12.4. The first-order valence-corrected chi connectivity index (χ1v) is 9.61. The summed E-state index contributed by atoms with van der Waals surface area (Å²) < 4.78 is 0. The Labute approximate surface area is 156 Å². The molecule has 0 saturated carbocycles. The van der Waals surface area contributed by atoms with Crippen molar-refractivity contribution in [1.29, 1.82) is 0 Å². The lowest BCUT2D eigenvalue weighted by molar-refractivity contribution is -0.137. The van der Waals surface area contributed by atoms with Crippen molar-refractivity contribution in [3.8, 4) is 0 Å². The molecule has 6 nitrogen and oxygen atoms in total. The zero-order chi connectivity index (χ0) is 19.4. The van der Waals surface area contributed by atoms with Gasteiger partial charge in [-0.1, -0.05) is 24.3 Å². The largest absolute Gasteiger partial charge is 0.481 e. The van der Waals surface area contributed by atoms with Crippen molar-refractivity contribution in [1.82, 2.24) is 4.90 Å². The Bertz CT molecular complexity index is 487. The van der Waals surface area contributed by atoms with Gasteiger partial charge >= 0.3 is 5.97 Å². The topological polar surface area (TPSA) is 98.1 Å². The summed E-state index contributed by atoms with van der Waals surface area (Å²) in [5.41, 5.74) is 0. The smallest absolute Gasteiger partial charge is 0.303 e. The fraction of sp³-hybridized carbons (Fsp3) is 0.700. The first-order valence-electron chi connectivity index (χ1n) is 9.61. The van der Waals surface area contributed by atoms with E-state index in [2.05, 4.69) is 0 Å². The molecule has 6 heteroatoms. The molecule has 2 unspecified atom stereocenters. The van der Waals surface area contributed by atoms with Crippen molar-refractivity contribution in [2.45, 2.75) is 83.0 Å². The fourth-order valence-corrected chi connectivity index (χ4v) is 3.04. The monoisotopic (exact) mass is 367 g/mol. The molecule has 1 amide bonds. The first-order chi connectivity index (χ1) is 12.4. The van der Waals surface area contributed by atoms with E-state index in [0.717, 1.165) is 19.3 Å². The van der Waals surface area contributed by atoms with Crippen LogP contribution < -0.4 is 0 Å². The molecule has 0 aliphatic carbocycles. The van der Waals surface area contributed by atoms with Crippen molar-refractivity contribution in [3.63, 3.8) is 0 Å². The highest BCUT2D eigenvalue weighted by Gasteiger charge is 2.25. The van der Waals surface area contributed by atoms with Crippen LogP contribution in [0.1, 0.15) is 64.7 Å². The zero-order valence-electron chi connectivity index (χ0n) is 15.7. The standard InChI is InChI=1S/C20H33NO5/c1-16(22)8-6-10-18(23)14-13-17-9-7-11-19(24)21(17)15-5-3-2-4-12-20(25)26/h3,5,13-14,16-18,22-23H,2,4,6-12,15H2,1H3,(H,25,26)/b5-3-,14-13+/t16?,17-,18?/m1/s1. The second-order valence-electron chi connectivity index (χ2n) is 7.00. The summed E-state index contributed by atoms with van der Waals surface area (Å²) in [4.78, 5) is 24.5. The van der Waals surface area contributed by atoms with Gasteiger partial charge in [-0.25, -0.2) is 0 Å². The minimum absolute atomic E-state index is 0.00802. The third kappa shape index (κ3) is 9.73. The van der Waals surface area contributed by atoms with E-state index in [0.29, 0.717) is 38.6 Å². The van der Waals surface area contributed by atoms with E-state index >= 15 is 0 Å². The Morgan fingerprint density at radius 2 is 2.04 bits per heavy atom. The van der Waals surface area contributed by atoms with Gasteiger partial charge in [0.1, 0.15) is 0 Å². The van der Waals surface area contributed by atoms with E-state index in [-0.39, 0.29) is 24.5 Å². The van der Waals surface area contributed by atoms with E-state index in [1.54, 1.807) is 13.0 Å². The van der Waals surface area contributed by atoms with E-state index < -0.39 is 12.1 Å². The number of carbonyl (C=O) groups excluding carboxylic acids is 1. The van der Waals surface area contributed by atoms with E-state index in [1.807, 2.05) is 23.1 Å². The van der Waals surface area contributed by atoms with Crippen molar-refractivity contribution in [2.24, 2.45) is 0 Å². The summed E-state index contributed by atoms with van der Waals surface area (Å²) in [6.45, 7) is 2.25. The summed E-state index contributed by atoms with van der Waals surface area (Å²) in [6, 6.07) is -0.00802. The Kier molecular flexibility index (Phi) is 10.9. The van der Waals surface area contributed by atoms with Crippen molar-refractivity contribution in [2.75, 3.05) is 6.54 Å². The third-order valence-corrected chi connectivity index (χ3v) is 4.52. The van der Waals surface area contributed by atoms with Crippen LogP contribution in [0.15, 0.2) is 24.3 Å². The van der Waals surface area contributed by atoms with E-state index in [1.165, 1.54) is 0 Å². The molecule has 148 valence electrons. The molecule has 3 N–H and O–H groups in total. The molecule has 0 aromatic heterocycles. The Morgan fingerprint density at radius 3 is 2.73 bits per heavy atom. The number of nitrogens with zero attached hydrogens (tertiary/aromatic N) is 1. The lowest BCUT2D eigenvalue weighted by Gasteiger charge is -2.33. The summed E-state index contributed by atoms with van der Waals surface area (Å²) in [7, 11) is 0. The molecule has 1 rings (SSSR count). The molecule has 0 spiro atoms. The van der Waals surface area contributed by atoms with Crippen LogP contribution in [0.4, 0.5) is 0 Å². The average molecular weight is 367 g/mol. The van der Waals surface area contributed by atoms with Gasteiger partial charge in [-0.3, -0.25) is 9.59 Å². The number of aliphatic hydroxyl groups excluding tert-OH is 2. The van der Waals surface area contributed by atoms with Crippen LogP contribution in [0.3, 0.4) is 0 Å². The van der Waals surface area contributed by atoms with Gasteiger partial charge in [-0.2, -0.15) is 0 Å². The molecule has 0 aromatic rings. The maximum absolute atomic E-state index is 12.2. The highest BCUT2D eigenvalue weighted by Crippen LogP contribution is 2.20. The molecule has 26 heavy (non-hydrogen) atoms. The molecule has 1 aliphatic heterocycles. The van der Waals surface area contributed by atoms with Gasteiger partial charge in [0.15, 0.2) is 0 Å². The van der Waals surface area contributed by atoms with Crippen LogP contribution in [0.5, 0.6) is 0 Å². The molecular formula is C20H33NO5. The third-order valence-electron chi connectivity index (χ3n) is 4.52. The minimum Gasteiger partial charge on any atom is -0.481 e. The van der Waals surface area contributed by atoms with Crippen molar-refractivity contribution >= 4 is 11.9 Å². The SMILES string of the molecule is CC(O)CCCC(O)/C=C/[C@H]1CCCC(=O)N1C/C=C\CCCC(=O)O. The van der Waals surface area contributed by atoms with Crippen LogP contribution in [-0.2, 0) is 9.59 Å². The maximum atomic E-state index is 12.2.